The minimum Gasteiger partial charge on any atom is -0.397 e. The monoisotopic (exact) mass is 307 g/mol. The molecule has 0 aliphatic rings. The van der Waals surface area contributed by atoms with E-state index in [1.165, 1.54) is 11.6 Å². The van der Waals surface area contributed by atoms with Crippen molar-refractivity contribution in [2.24, 2.45) is 0 Å². The molecule has 1 atom stereocenters. The van der Waals surface area contributed by atoms with Gasteiger partial charge in [-0.15, -0.1) is 0 Å². The number of rotatable bonds is 5. The van der Waals surface area contributed by atoms with Gasteiger partial charge in [-0.05, 0) is 24.0 Å². The topological polar surface area (TPSA) is 64.1 Å². The molecule has 0 radical (unpaired) electrons. The van der Waals surface area contributed by atoms with Crippen molar-refractivity contribution >= 4 is 28.7 Å². The van der Waals surface area contributed by atoms with Crippen molar-refractivity contribution < 1.29 is 4.39 Å². The highest BCUT2D eigenvalue weighted by atomic mass is 35.5. The zero-order valence-electron chi connectivity index (χ0n) is 11.9. The van der Waals surface area contributed by atoms with Crippen molar-refractivity contribution in [2.75, 3.05) is 23.3 Å². The van der Waals surface area contributed by atoms with Gasteiger partial charge < -0.3 is 16.8 Å². The maximum absolute atomic E-state index is 14.0. The summed E-state index contributed by atoms with van der Waals surface area (Å²) >= 11 is 5.80. The number of hydrogen-bond acceptors (Lipinski definition) is 3. The highest BCUT2D eigenvalue weighted by molar-refractivity contribution is 6.33. The first kappa shape index (κ1) is 15.4. The van der Waals surface area contributed by atoms with E-state index < -0.39 is 5.82 Å². The molecule has 0 saturated carbocycles. The van der Waals surface area contributed by atoms with Crippen LogP contribution < -0.4 is 16.8 Å². The predicted octanol–water partition coefficient (Wildman–Crippen LogP) is 4.25. The molecule has 0 amide bonds. The summed E-state index contributed by atoms with van der Waals surface area (Å²) in [6, 6.07) is 11.6. The second kappa shape index (κ2) is 6.68. The molecule has 5 heteroatoms. The SMILES string of the molecule is CC(CCNc1c(N)cc(N)c(Cl)c1F)c1ccccc1. The molecule has 112 valence electrons. The van der Waals surface area contributed by atoms with Crippen LogP contribution in [0.5, 0.6) is 0 Å². The summed E-state index contributed by atoms with van der Waals surface area (Å²) in [5, 5.41) is 2.92. The molecule has 0 aliphatic carbocycles. The summed E-state index contributed by atoms with van der Waals surface area (Å²) in [7, 11) is 0. The Balaban J connectivity index is 2.00. The summed E-state index contributed by atoms with van der Waals surface area (Å²) < 4.78 is 14.0. The van der Waals surface area contributed by atoms with Crippen LogP contribution in [-0.2, 0) is 0 Å². The number of nitrogens with one attached hydrogen (secondary N) is 1. The van der Waals surface area contributed by atoms with Gasteiger partial charge in [0.05, 0.1) is 17.1 Å². The summed E-state index contributed by atoms with van der Waals surface area (Å²) in [6.45, 7) is 2.73. The van der Waals surface area contributed by atoms with Crippen molar-refractivity contribution in [1.29, 1.82) is 0 Å². The van der Waals surface area contributed by atoms with Gasteiger partial charge in [0.25, 0.3) is 0 Å². The minimum absolute atomic E-state index is 0.0946. The number of hydrogen-bond donors (Lipinski definition) is 3. The fourth-order valence-electron chi connectivity index (χ4n) is 2.21. The zero-order valence-corrected chi connectivity index (χ0v) is 12.6. The van der Waals surface area contributed by atoms with E-state index in [1.54, 1.807) is 0 Å². The van der Waals surface area contributed by atoms with E-state index in [1.807, 2.05) is 18.2 Å². The Morgan fingerprint density at radius 1 is 1.19 bits per heavy atom. The van der Waals surface area contributed by atoms with Crippen molar-refractivity contribution in [3.63, 3.8) is 0 Å². The van der Waals surface area contributed by atoms with Crippen LogP contribution in [0.15, 0.2) is 36.4 Å². The van der Waals surface area contributed by atoms with E-state index in [0.717, 1.165) is 6.42 Å². The van der Waals surface area contributed by atoms with Crippen LogP contribution in [0.25, 0.3) is 0 Å². The van der Waals surface area contributed by atoms with Crippen LogP contribution in [0.2, 0.25) is 5.02 Å². The third-order valence-corrected chi connectivity index (χ3v) is 3.90. The second-order valence-electron chi connectivity index (χ2n) is 5.09. The van der Waals surface area contributed by atoms with Gasteiger partial charge in [-0.3, -0.25) is 0 Å². The van der Waals surface area contributed by atoms with Gasteiger partial charge >= 0.3 is 0 Å². The fourth-order valence-corrected chi connectivity index (χ4v) is 2.36. The van der Waals surface area contributed by atoms with E-state index in [2.05, 4.69) is 24.4 Å². The predicted molar refractivity (Wildman–Crippen MR) is 88.2 cm³/mol. The Kier molecular flexibility index (Phi) is 4.91. The number of anilines is 3. The van der Waals surface area contributed by atoms with E-state index in [-0.39, 0.29) is 22.1 Å². The Morgan fingerprint density at radius 3 is 2.52 bits per heavy atom. The number of benzene rings is 2. The Labute approximate surface area is 129 Å². The van der Waals surface area contributed by atoms with Gasteiger partial charge in [0.1, 0.15) is 5.02 Å². The molecule has 2 aromatic rings. The van der Waals surface area contributed by atoms with Crippen molar-refractivity contribution in [2.45, 2.75) is 19.3 Å². The summed E-state index contributed by atoms with van der Waals surface area (Å²) in [5.41, 5.74) is 13.2. The quantitative estimate of drug-likeness (QED) is 0.724. The van der Waals surface area contributed by atoms with Gasteiger partial charge in [0.2, 0.25) is 0 Å². The molecule has 0 aliphatic heterocycles. The molecule has 0 saturated heterocycles. The maximum Gasteiger partial charge on any atom is 0.169 e. The molecule has 2 aromatic carbocycles. The lowest BCUT2D eigenvalue weighted by Crippen LogP contribution is -2.10. The first-order valence-corrected chi connectivity index (χ1v) is 7.20. The van der Waals surface area contributed by atoms with E-state index in [9.17, 15) is 4.39 Å². The Morgan fingerprint density at radius 2 is 1.86 bits per heavy atom. The molecule has 0 spiro atoms. The highest BCUT2D eigenvalue weighted by Gasteiger charge is 2.14. The Hall–Kier alpha value is -1.94. The van der Waals surface area contributed by atoms with E-state index in [4.69, 9.17) is 23.1 Å². The lowest BCUT2D eigenvalue weighted by molar-refractivity contribution is 0.629. The first-order chi connectivity index (χ1) is 10.0. The van der Waals surface area contributed by atoms with Crippen molar-refractivity contribution in [3.05, 3.63) is 52.8 Å². The standard InChI is InChI=1S/C16H19ClFN3/c1-10(11-5-3-2-4-6-11)7-8-21-16-13(20)9-12(19)14(17)15(16)18/h2-6,9-10,21H,7-8,19-20H2,1H3. The third kappa shape index (κ3) is 3.58. The number of halogens is 2. The lowest BCUT2D eigenvalue weighted by atomic mass is 9.98. The largest absolute Gasteiger partial charge is 0.397 e. The summed E-state index contributed by atoms with van der Waals surface area (Å²) in [6.07, 6.45) is 0.852. The smallest absolute Gasteiger partial charge is 0.169 e. The van der Waals surface area contributed by atoms with Gasteiger partial charge in [-0.2, -0.15) is 0 Å². The average molecular weight is 308 g/mol. The summed E-state index contributed by atoms with van der Waals surface area (Å²) in [4.78, 5) is 0. The van der Waals surface area contributed by atoms with Crippen molar-refractivity contribution in [3.8, 4) is 0 Å². The molecular weight excluding hydrogens is 289 g/mol. The van der Waals surface area contributed by atoms with Crippen LogP contribution in [0.4, 0.5) is 21.5 Å². The molecule has 3 nitrogen and oxygen atoms in total. The average Bonchev–Trinajstić information content (AvgIpc) is 2.49. The molecule has 5 N–H and O–H groups in total. The molecule has 2 rings (SSSR count). The summed E-state index contributed by atoms with van der Waals surface area (Å²) in [5.74, 6) is -0.228. The number of nitrogen functional groups attached to an aromatic ring is 2. The van der Waals surface area contributed by atoms with Gasteiger partial charge in [-0.25, -0.2) is 4.39 Å². The first-order valence-electron chi connectivity index (χ1n) is 6.82. The van der Waals surface area contributed by atoms with Crippen LogP contribution in [0.3, 0.4) is 0 Å². The Bertz CT molecular complexity index is 617. The van der Waals surface area contributed by atoms with Gasteiger partial charge in [0, 0.05) is 6.54 Å². The van der Waals surface area contributed by atoms with Gasteiger partial charge in [0.15, 0.2) is 5.82 Å². The zero-order chi connectivity index (χ0) is 15.4. The second-order valence-corrected chi connectivity index (χ2v) is 5.46. The minimum atomic E-state index is -0.596. The molecule has 0 aromatic heterocycles. The molecule has 21 heavy (non-hydrogen) atoms. The van der Waals surface area contributed by atoms with Crippen LogP contribution in [0, 0.1) is 5.82 Å². The molecule has 0 fully saturated rings. The highest BCUT2D eigenvalue weighted by Crippen LogP contribution is 2.33. The van der Waals surface area contributed by atoms with Crippen LogP contribution in [0.1, 0.15) is 24.8 Å². The number of nitrogens with two attached hydrogens (primary N) is 2. The molecule has 0 bridgehead atoms. The fraction of sp³-hybridized carbons (Fsp3) is 0.250. The van der Waals surface area contributed by atoms with E-state index >= 15 is 0 Å². The third-order valence-electron chi connectivity index (χ3n) is 3.51. The molecule has 0 heterocycles. The van der Waals surface area contributed by atoms with Gasteiger partial charge in [-0.1, -0.05) is 48.9 Å². The molecule has 1 unspecified atom stereocenters. The van der Waals surface area contributed by atoms with Crippen LogP contribution in [-0.4, -0.2) is 6.54 Å². The lowest BCUT2D eigenvalue weighted by Gasteiger charge is -2.15. The van der Waals surface area contributed by atoms with Crippen LogP contribution >= 0.6 is 11.6 Å². The normalized spacial score (nSPS) is 12.1. The van der Waals surface area contributed by atoms with E-state index in [0.29, 0.717) is 12.5 Å². The molecular formula is C16H19ClFN3. The van der Waals surface area contributed by atoms with Crippen molar-refractivity contribution in [1.82, 2.24) is 0 Å². The maximum atomic E-state index is 14.0.